The van der Waals surface area contributed by atoms with Crippen LogP contribution in [0.4, 0.5) is 5.00 Å². The highest BCUT2D eigenvalue weighted by Gasteiger charge is 2.11. The van der Waals surface area contributed by atoms with Crippen LogP contribution in [0, 0.1) is 11.3 Å². The molecule has 0 aliphatic heterocycles. The van der Waals surface area contributed by atoms with E-state index in [-0.39, 0.29) is 11.3 Å². The van der Waals surface area contributed by atoms with Gasteiger partial charge in [-0.1, -0.05) is 11.6 Å². The summed E-state index contributed by atoms with van der Waals surface area (Å²) in [5.74, 6) is 0. The molecule has 0 saturated heterocycles. The topological polar surface area (TPSA) is 57.9 Å². The Hall–Kier alpha value is -0.830. The van der Waals surface area contributed by atoms with Crippen LogP contribution in [0.25, 0.3) is 0 Å². The largest absolute Gasteiger partial charge is 0.380 e. The van der Waals surface area contributed by atoms with Gasteiger partial charge in [0, 0.05) is 13.7 Å². The summed E-state index contributed by atoms with van der Waals surface area (Å²) in [7, 11) is 1.64. The molecule has 1 aromatic rings. The van der Waals surface area contributed by atoms with Gasteiger partial charge in [0.1, 0.15) is 16.6 Å². The van der Waals surface area contributed by atoms with E-state index in [2.05, 4.69) is 9.69 Å². The fraction of sp³-hybridized carbons (Fsp3) is 0.500. The first kappa shape index (κ1) is 11.2. The highest BCUT2D eigenvalue weighted by molar-refractivity contribution is 7.10. The molecule has 0 saturated carbocycles. The Balaban J connectivity index is 2.64. The normalized spacial score (nSPS) is 12.1. The lowest BCUT2D eigenvalue weighted by Gasteiger charge is -2.09. The summed E-state index contributed by atoms with van der Waals surface area (Å²) < 4.78 is 8.93. The van der Waals surface area contributed by atoms with Gasteiger partial charge in [-0.25, -0.2) is 0 Å². The third-order valence-electron chi connectivity index (χ3n) is 1.71. The Morgan fingerprint density at radius 2 is 2.50 bits per heavy atom. The first-order valence-electron chi connectivity index (χ1n) is 4.01. The maximum Gasteiger partial charge on any atom is 0.162 e. The number of hydrogen-bond donors (Lipinski definition) is 1. The Morgan fingerprint density at radius 1 is 1.79 bits per heavy atom. The summed E-state index contributed by atoms with van der Waals surface area (Å²) in [5, 5.41) is 12.8. The monoisotopic (exact) mass is 231 g/mol. The van der Waals surface area contributed by atoms with E-state index < -0.39 is 0 Å². The molecule has 0 amide bonds. The van der Waals surface area contributed by atoms with Crippen molar-refractivity contribution in [3.63, 3.8) is 0 Å². The zero-order valence-electron chi connectivity index (χ0n) is 7.87. The SMILES string of the molecule is COC(C)CNc1snc(Cl)c1C#N. The van der Waals surface area contributed by atoms with Crippen molar-refractivity contribution >= 4 is 28.1 Å². The smallest absolute Gasteiger partial charge is 0.162 e. The maximum absolute atomic E-state index is 8.77. The number of rotatable bonds is 4. The predicted octanol–water partition coefficient (Wildman–Crippen LogP) is 2.11. The molecule has 76 valence electrons. The van der Waals surface area contributed by atoms with E-state index in [9.17, 15) is 0 Å². The number of anilines is 1. The molecule has 14 heavy (non-hydrogen) atoms. The van der Waals surface area contributed by atoms with Crippen LogP contribution in [-0.4, -0.2) is 24.1 Å². The van der Waals surface area contributed by atoms with Crippen LogP contribution in [0.15, 0.2) is 0 Å². The van der Waals surface area contributed by atoms with Gasteiger partial charge >= 0.3 is 0 Å². The van der Waals surface area contributed by atoms with Gasteiger partial charge in [-0.05, 0) is 18.5 Å². The van der Waals surface area contributed by atoms with Crippen molar-refractivity contribution in [2.75, 3.05) is 19.0 Å². The minimum Gasteiger partial charge on any atom is -0.380 e. The molecule has 0 aliphatic rings. The zero-order valence-corrected chi connectivity index (χ0v) is 9.45. The average Bonchev–Trinajstić information content (AvgIpc) is 2.55. The lowest BCUT2D eigenvalue weighted by Crippen LogP contribution is -2.17. The Bertz CT molecular complexity index is 347. The summed E-state index contributed by atoms with van der Waals surface area (Å²) >= 11 is 6.88. The van der Waals surface area contributed by atoms with Crippen molar-refractivity contribution in [1.29, 1.82) is 5.26 Å². The van der Waals surface area contributed by atoms with E-state index in [0.717, 1.165) is 0 Å². The number of methoxy groups -OCH3 is 1. The molecule has 0 fully saturated rings. The zero-order chi connectivity index (χ0) is 10.6. The van der Waals surface area contributed by atoms with Crippen LogP contribution in [-0.2, 0) is 4.74 Å². The maximum atomic E-state index is 8.77. The molecule has 0 bridgehead atoms. The van der Waals surface area contributed by atoms with Gasteiger partial charge in [-0.2, -0.15) is 9.64 Å². The Labute approximate surface area is 91.6 Å². The minimum atomic E-state index is 0.0856. The molecule has 0 radical (unpaired) electrons. The van der Waals surface area contributed by atoms with Gasteiger partial charge in [-0.15, -0.1) is 0 Å². The van der Waals surface area contributed by atoms with Gasteiger partial charge in [0.15, 0.2) is 5.15 Å². The molecule has 1 unspecified atom stereocenters. The molecule has 1 rings (SSSR count). The van der Waals surface area contributed by atoms with Gasteiger partial charge in [-0.3, -0.25) is 0 Å². The molecule has 1 aromatic heterocycles. The number of nitrogens with zero attached hydrogens (tertiary/aromatic N) is 2. The minimum absolute atomic E-state index is 0.0856. The van der Waals surface area contributed by atoms with Crippen molar-refractivity contribution in [2.24, 2.45) is 0 Å². The van der Waals surface area contributed by atoms with Gasteiger partial charge in [0.05, 0.1) is 6.10 Å². The number of nitrogens with one attached hydrogen (secondary N) is 1. The Kier molecular flexibility index (Phi) is 4.14. The fourth-order valence-electron chi connectivity index (χ4n) is 0.808. The van der Waals surface area contributed by atoms with Gasteiger partial charge < -0.3 is 10.1 Å². The number of hydrogen-bond acceptors (Lipinski definition) is 5. The predicted molar refractivity (Wildman–Crippen MR) is 56.8 cm³/mol. The molecule has 0 aliphatic carbocycles. The second-order valence-electron chi connectivity index (χ2n) is 2.72. The third kappa shape index (κ3) is 2.58. The summed E-state index contributed by atoms with van der Waals surface area (Å²) in [6, 6.07) is 2.00. The summed E-state index contributed by atoms with van der Waals surface area (Å²) in [6.07, 6.45) is 0.0856. The van der Waals surface area contributed by atoms with E-state index in [4.69, 9.17) is 21.6 Å². The number of nitriles is 1. The van der Waals surface area contributed by atoms with E-state index in [1.54, 1.807) is 7.11 Å². The highest BCUT2D eigenvalue weighted by atomic mass is 35.5. The second-order valence-corrected chi connectivity index (χ2v) is 3.85. The second kappa shape index (κ2) is 5.15. The summed E-state index contributed by atoms with van der Waals surface area (Å²) in [5.41, 5.74) is 0.403. The highest BCUT2D eigenvalue weighted by Crippen LogP contribution is 2.27. The molecule has 1 atom stereocenters. The van der Waals surface area contributed by atoms with Crippen LogP contribution in [0.2, 0.25) is 5.15 Å². The van der Waals surface area contributed by atoms with Crippen LogP contribution in [0.1, 0.15) is 12.5 Å². The number of ether oxygens (including phenoxy) is 1. The lowest BCUT2D eigenvalue weighted by molar-refractivity contribution is 0.129. The first-order valence-corrected chi connectivity index (χ1v) is 5.16. The van der Waals surface area contributed by atoms with E-state index >= 15 is 0 Å². The molecule has 1 N–H and O–H groups in total. The van der Waals surface area contributed by atoms with Crippen LogP contribution in [0.3, 0.4) is 0 Å². The number of halogens is 1. The quantitative estimate of drug-likeness (QED) is 0.863. The van der Waals surface area contributed by atoms with Crippen molar-refractivity contribution in [3.8, 4) is 6.07 Å². The van der Waals surface area contributed by atoms with Gasteiger partial charge in [0.25, 0.3) is 0 Å². The van der Waals surface area contributed by atoms with Crippen molar-refractivity contribution in [2.45, 2.75) is 13.0 Å². The van der Waals surface area contributed by atoms with E-state index in [1.807, 2.05) is 13.0 Å². The van der Waals surface area contributed by atoms with Crippen molar-refractivity contribution in [3.05, 3.63) is 10.7 Å². The van der Waals surface area contributed by atoms with Crippen molar-refractivity contribution in [1.82, 2.24) is 4.37 Å². The van der Waals surface area contributed by atoms with E-state index in [0.29, 0.717) is 17.1 Å². The van der Waals surface area contributed by atoms with Crippen LogP contribution >= 0.6 is 23.1 Å². The first-order chi connectivity index (χ1) is 6.69. The average molecular weight is 232 g/mol. The molecule has 0 aromatic carbocycles. The fourth-order valence-corrected chi connectivity index (χ4v) is 1.75. The van der Waals surface area contributed by atoms with Crippen LogP contribution in [0.5, 0.6) is 0 Å². The molecular weight excluding hydrogens is 222 g/mol. The summed E-state index contributed by atoms with van der Waals surface area (Å²) in [4.78, 5) is 0. The molecule has 1 heterocycles. The third-order valence-corrected chi connectivity index (χ3v) is 2.89. The molecule has 0 spiro atoms. The number of aromatic nitrogens is 1. The van der Waals surface area contributed by atoms with Crippen LogP contribution < -0.4 is 5.32 Å². The molecular formula is C8H10ClN3OS. The van der Waals surface area contributed by atoms with Crippen molar-refractivity contribution < 1.29 is 4.74 Å². The van der Waals surface area contributed by atoms with E-state index in [1.165, 1.54) is 11.5 Å². The molecule has 6 heteroatoms. The van der Waals surface area contributed by atoms with Gasteiger partial charge in [0.2, 0.25) is 0 Å². The molecule has 4 nitrogen and oxygen atoms in total. The lowest BCUT2D eigenvalue weighted by atomic mass is 10.3. The Morgan fingerprint density at radius 3 is 3.07 bits per heavy atom. The summed E-state index contributed by atoms with van der Waals surface area (Å²) in [6.45, 7) is 2.56. The standard InChI is InChI=1S/C8H10ClN3OS/c1-5(13-2)4-11-8-6(3-10)7(9)12-14-8/h5,11H,4H2,1-2H3.